The first-order valence-corrected chi connectivity index (χ1v) is 6.95. The second-order valence-electron chi connectivity index (χ2n) is 4.33. The summed E-state index contributed by atoms with van der Waals surface area (Å²) in [5.41, 5.74) is 0.807. The SMILES string of the molecule is CCOC(=O)[C@H](CCO)N(OC)C(=O)OCc1ccccc1. The molecule has 0 aliphatic rings. The third-order valence-corrected chi connectivity index (χ3v) is 2.83. The number of ether oxygens (including phenoxy) is 2. The Morgan fingerprint density at radius 1 is 1.23 bits per heavy atom. The lowest BCUT2D eigenvalue weighted by atomic mass is 10.2. The molecule has 7 heteroatoms. The van der Waals surface area contributed by atoms with Gasteiger partial charge in [0, 0.05) is 13.0 Å². The number of hydrogen-bond donors (Lipinski definition) is 1. The summed E-state index contributed by atoms with van der Waals surface area (Å²) in [4.78, 5) is 28.8. The predicted octanol–water partition coefficient (Wildman–Crippen LogP) is 1.50. The number of nitrogens with zero attached hydrogens (tertiary/aromatic N) is 1. The third-order valence-electron chi connectivity index (χ3n) is 2.83. The zero-order valence-corrected chi connectivity index (χ0v) is 12.7. The van der Waals surface area contributed by atoms with E-state index in [1.807, 2.05) is 18.2 Å². The monoisotopic (exact) mass is 311 g/mol. The molecule has 0 aliphatic carbocycles. The van der Waals surface area contributed by atoms with Crippen LogP contribution in [0.5, 0.6) is 0 Å². The molecule has 1 atom stereocenters. The molecular formula is C15H21NO6. The normalized spacial score (nSPS) is 11.6. The van der Waals surface area contributed by atoms with Gasteiger partial charge in [0.2, 0.25) is 0 Å². The Kier molecular flexibility index (Phi) is 7.95. The molecule has 0 fully saturated rings. The molecule has 22 heavy (non-hydrogen) atoms. The first-order valence-electron chi connectivity index (χ1n) is 6.95. The number of aliphatic hydroxyl groups is 1. The summed E-state index contributed by atoms with van der Waals surface area (Å²) >= 11 is 0. The van der Waals surface area contributed by atoms with E-state index in [1.54, 1.807) is 19.1 Å². The first kappa shape index (κ1) is 17.9. The minimum absolute atomic E-state index is 0.00684. The number of aliphatic hydroxyl groups excluding tert-OH is 1. The highest BCUT2D eigenvalue weighted by atomic mass is 16.7. The quantitative estimate of drug-likeness (QED) is 0.578. The predicted molar refractivity (Wildman–Crippen MR) is 77.6 cm³/mol. The topological polar surface area (TPSA) is 85.3 Å². The number of amides is 1. The van der Waals surface area contributed by atoms with E-state index >= 15 is 0 Å². The van der Waals surface area contributed by atoms with Gasteiger partial charge in [-0.15, -0.1) is 0 Å². The second-order valence-corrected chi connectivity index (χ2v) is 4.33. The average Bonchev–Trinajstić information content (AvgIpc) is 2.54. The summed E-state index contributed by atoms with van der Waals surface area (Å²) in [6.07, 6.45) is -0.828. The molecule has 1 aromatic carbocycles. The van der Waals surface area contributed by atoms with Crippen LogP contribution in [0.4, 0.5) is 4.79 Å². The Bertz CT molecular complexity index is 464. The van der Waals surface area contributed by atoms with Crippen molar-refractivity contribution in [2.75, 3.05) is 20.3 Å². The maximum absolute atomic E-state index is 12.1. The van der Waals surface area contributed by atoms with Crippen molar-refractivity contribution in [2.24, 2.45) is 0 Å². The third kappa shape index (κ3) is 5.34. The molecule has 0 radical (unpaired) electrons. The lowest BCUT2D eigenvalue weighted by Gasteiger charge is -2.26. The zero-order valence-electron chi connectivity index (χ0n) is 12.7. The van der Waals surface area contributed by atoms with Crippen molar-refractivity contribution in [3.05, 3.63) is 35.9 Å². The van der Waals surface area contributed by atoms with E-state index in [0.29, 0.717) is 0 Å². The number of hydrogen-bond acceptors (Lipinski definition) is 6. The fraction of sp³-hybridized carbons (Fsp3) is 0.467. The highest BCUT2D eigenvalue weighted by Gasteiger charge is 2.32. The van der Waals surface area contributed by atoms with Gasteiger partial charge in [-0.05, 0) is 12.5 Å². The molecule has 1 rings (SSSR count). The van der Waals surface area contributed by atoms with Crippen LogP contribution in [0.15, 0.2) is 30.3 Å². The van der Waals surface area contributed by atoms with Gasteiger partial charge in [-0.2, -0.15) is 5.06 Å². The smallest absolute Gasteiger partial charge is 0.435 e. The summed E-state index contributed by atoms with van der Waals surface area (Å²) in [6.45, 7) is 1.57. The second kappa shape index (κ2) is 9.75. The minimum atomic E-state index is -1.06. The Hall–Kier alpha value is -2.12. The molecule has 0 aliphatic heterocycles. The molecule has 1 aromatic rings. The van der Waals surface area contributed by atoms with Gasteiger partial charge >= 0.3 is 12.1 Å². The highest BCUT2D eigenvalue weighted by molar-refractivity contribution is 5.80. The molecule has 1 N–H and O–H groups in total. The van der Waals surface area contributed by atoms with Gasteiger partial charge in [-0.3, -0.25) is 4.84 Å². The summed E-state index contributed by atoms with van der Waals surface area (Å²) in [6, 6.07) is 8.06. The van der Waals surface area contributed by atoms with E-state index < -0.39 is 18.1 Å². The van der Waals surface area contributed by atoms with Crippen LogP contribution >= 0.6 is 0 Å². The first-order chi connectivity index (χ1) is 10.6. The van der Waals surface area contributed by atoms with Crippen molar-refractivity contribution in [3.63, 3.8) is 0 Å². The van der Waals surface area contributed by atoms with Crippen molar-refractivity contribution in [2.45, 2.75) is 26.0 Å². The Morgan fingerprint density at radius 3 is 2.45 bits per heavy atom. The van der Waals surface area contributed by atoms with Crippen LogP contribution < -0.4 is 0 Å². The summed E-state index contributed by atoms with van der Waals surface area (Å²) in [5.74, 6) is -0.657. The molecule has 1 amide bonds. The summed E-state index contributed by atoms with van der Waals surface area (Å²) in [5, 5.41) is 9.82. The number of carbonyl (C=O) groups excluding carboxylic acids is 2. The number of carbonyl (C=O) groups is 2. The van der Waals surface area contributed by atoms with E-state index in [2.05, 4.69) is 0 Å². The van der Waals surface area contributed by atoms with E-state index in [4.69, 9.17) is 19.4 Å². The summed E-state index contributed by atoms with van der Waals surface area (Å²) in [7, 11) is 1.24. The molecule has 0 heterocycles. The van der Waals surface area contributed by atoms with Crippen molar-refractivity contribution in [3.8, 4) is 0 Å². The van der Waals surface area contributed by atoms with Crippen LogP contribution in [0, 0.1) is 0 Å². The van der Waals surface area contributed by atoms with Crippen LogP contribution in [0.1, 0.15) is 18.9 Å². The Morgan fingerprint density at radius 2 is 1.91 bits per heavy atom. The lowest BCUT2D eigenvalue weighted by molar-refractivity contribution is -0.178. The van der Waals surface area contributed by atoms with Crippen LogP contribution in [-0.2, 0) is 25.7 Å². The fourth-order valence-electron chi connectivity index (χ4n) is 1.80. The van der Waals surface area contributed by atoms with Crippen LogP contribution in [0.2, 0.25) is 0 Å². The van der Waals surface area contributed by atoms with Crippen molar-refractivity contribution in [1.82, 2.24) is 5.06 Å². The Balaban J connectivity index is 2.69. The standard InChI is InChI=1S/C15H21NO6/c1-3-21-14(18)13(9-10-17)16(20-2)15(19)22-11-12-7-5-4-6-8-12/h4-8,13,17H,3,9-11H2,1-2H3/t13-/m0/s1. The van der Waals surface area contributed by atoms with E-state index in [-0.39, 0.29) is 26.2 Å². The number of esters is 1. The molecule has 0 unspecified atom stereocenters. The number of rotatable bonds is 8. The molecule has 7 nitrogen and oxygen atoms in total. The maximum Gasteiger partial charge on any atom is 0.435 e. The average molecular weight is 311 g/mol. The lowest BCUT2D eigenvalue weighted by Crippen LogP contribution is -2.46. The van der Waals surface area contributed by atoms with Gasteiger partial charge in [-0.1, -0.05) is 30.3 Å². The Labute approximate surface area is 129 Å². The fourth-order valence-corrected chi connectivity index (χ4v) is 1.80. The van der Waals surface area contributed by atoms with Gasteiger partial charge in [0.05, 0.1) is 13.7 Å². The molecule has 0 saturated carbocycles. The van der Waals surface area contributed by atoms with E-state index in [9.17, 15) is 9.59 Å². The van der Waals surface area contributed by atoms with Crippen LogP contribution in [0.3, 0.4) is 0 Å². The molecule has 0 saturated heterocycles. The van der Waals surface area contributed by atoms with Gasteiger partial charge in [0.15, 0.2) is 6.04 Å². The van der Waals surface area contributed by atoms with E-state index in [0.717, 1.165) is 10.6 Å². The molecule has 122 valence electrons. The highest BCUT2D eigenvalue weighted by Crippen LogP contribution is 2.11. The van der Waals surface area contributed by atoms with Crippen molar-refractivity contribution >= 4 is 12.1 Å². The van der Waals surface area contributed by atoms with Crippen LogP contribution in [0.25, 0.3) is 0 Å². The van der Waals surface area contributed by atoms with Crippen molar-refractivity contribution in [1.29, 1.82) is 0 Å². The van der Waals surface area contributed by atoms with Crippen LogP contribution in [-0.4, -0.2) is 48.6 Å². The van der Waals surface area contributed by atoms with Crippen molar-refractivity contribution < 1.29 is 29.0 Å². The van der Waals surface area contributed by atoms with Gasteiger partial charge in [0.25, 0.3) is 0 Å². The molecule has 0 spiro atoms. The largest absolute Gasteiger partial charge is 0.464 e. The van der Waals surface area contributed by atoms with Gasteiger partial charge in [0.1, 0.15) is 6.61 Å². The summed E-state index contributed by atoms with van der Waals surface area (Å²) < 4.78 is 9.98. The van der Waals surface area contributed by atoms with Gasteiger partial charge < -0.3 is 14.6 Å². The molecular weight excluding hydrogens is 290 g/mol. The molecule has 0 aromatic heterocycles. The number of benzene rings is 1. The van der Waals surface area contributed by atoms with Gasteiger partial charge in [-0.25, -0.2) is 9.59 Å². The minimum Gasteiger partial charge on any atom is -0.464 e. The maximum atomic E-state index is 12.1. The number of hydroxylamine groups is 2. The van der Waals surface area contributed by atoms with E-state index in [1.165, 1.54) is 7.11 Å². The zero-order chi connectivity index (χ0) is 16.4. The molecule has 0 bridgehead atoms.